The summed E-state index contributed by atoms with van der Waals surface area (Å²) in [6, 6.07) is 12.8. The van der Waals surface area contributed by atoms with Gasteiger partial charge in [-0.05, 0) is 6.92 Å². The van der Waals surface area contributed by atoms with Crippen molar-refractivity contribution in [2.45, 2.75) is 54.6 Å². The van der Waals surface area contributed by atoms with Gasteiger partial charge in [0.1, 0.15) is 0 Å². The lowest BCUT2D eigenvalue weighted by atomic mass is 10.2. The van der Waals surface area contributed by atoms with E-state index in [9.17, 15) is 23.3 Å². The molecule has 2 rings (SSSR count). The molecule has 2 aromatic carbocycles. The number of hydrogen-bond acceptors (Lipinski definition) is 2. The maximum Gasteiger partial charge on any atom is 0.416 e. The van der Waals surface area contributed by atoms with Gasteiger partial charge in [-0.25, -0.2) is 0 Å². The van der Waals surface area contributed by atoms with Crippen molar-refractivity contribution >= 4 is 5.69 Å². The molecular weight excluding hydrogens is 343 g/mol. The van der Waals surface area contributed by atoms with Crippen molar-refractivity contribution in [3.63, 3.8) is 0 Å². The molecule has 0 spiro atoms. The Hall–Kier alpha value is -2.37. The molecular formula is C20H30F3NO2. The minimum Gasteiger partial charge on any atom is -0.258 e. The lowest BCUT2D eigenvalue weighted by molar-refractivity contribution is -0.384. The predicted molar refractivity (Wildman–Crippen MR) is 103 cm³/mol. The SMILES string of the molecule is CC.CC.CC.Cc1ccc([N+](=O)[O-])cc1.FC(F)(F)c1ccccc1. The minimum absolute atomic E-state index is 0.144. The van der Waals surface area contributed by atoms with Gasteiger partial charge in [0, 0.05) is 12.1 Å². The molecule has 0 N–H and O–H groups in total. The van der Waals surface area contributed by atoms with E-state index in [1.54, 1.807) is 18.2 Å². The fraction of sp³-hybridized carbons (Fsp3) is 0.400. The van der Waals surface area contributed by atoms with Gasteiger partial charge in [-0.1, -0.05) is 89.6 Å². The molecule has 148 valence electrons. The summed E-state index contributed by atoms with van der Waals surface area (Å²) in [4.78, 5) is 9.71. The van der Waals surface area contributed by atoms with Crippen LogP contribution in [0.5, 0.6) is 0 Å². The van der Waals surface area contributed by atoms with Crippen LogP contribution in [0.15, 0.2) is 54.6 Å². The van der Waals surface area contributed by atoms with E-state index in [0.29, 0.717) is 0 Å². The molecule has 0 bridgehead atoms. The number of hydrogen-bond donors (Lipinski definition) is 0. The molecule has 0 aliphatic rings. The molecule has 0 unspecified atom stereocenters. The molecule has 0 amide bonds. The lowest BCUT2D eigenvalue weighted by Gasteiger charge is -2.03. The molecule has 0 saturated heterocycles. The number of alkyl halides is 3. The first-order valence-corrected chi connectivity index (χ1v) is 8.64. The predicted octanol–water partition coefficient (Wildman–Crippen LogP) is 7.69. The Morgan fingerprint density at radius 2 is 1.15 bits per heavy atom. The van der Waals surface area contributed by atoms with Gasteiger partial charge in [0.2, 0.25) is 0 Å². The highest BCUT2D eigenvalue weighted by Crippen LogP contribution is 2.28. The average Bonchev–Trinajstić information content (AvgIpc) is 2.67. The lowest BCUT2D eigenvalue weighted by Crippen LogP contribution is -2.03. The Balaban J connectivity index is -0.000000316. The van der Waals surface area contributed by atoms with Crippen molar-refractivity contribution in [2.75, 3.05) is 0 Å². The first-order chi connectivity index (χ1) is 12.3. The van der Waals surface area contributed by atoms with E-state index in [2.05, 4.69) is 0 Å². The van der Waals surface area contributed by atoms with E-state index < -0.39 is 16.7 Å². The minimum atomic E-state index is -4.21. The summed E-state index contributed by atoms with van der Waals surface area (Å²) in [6.07, 6.45) is -4.21. The number of nitro benzene ring substituents is 1. The normalized spacial score (nSPS) is 8.69. The second-order valence-corrected chi connectivity index (χ2v) is 3.96. The van der Waals surface area contributed by atoms with Crippen LogP contribution in [-0.4, -0.2) is 4.92 Å². The Labute approximate surface area is 155 Å². The second-order valence-electron chi connectivity index (χ2n) is 3.96. The summed E-state index contributed by atoms with van der Waals surface area (Å²) < 4.78 is 35.4. The van der Waals surface area contributed by atoms with Crippen LogP contribution in [-0.2, 0) is 6.18 Å². The number of aryl methyl sites for hydroxylation is 1. The molecule has 2 aromatic rings. The maximum absolute atomic E-state index is 11.8. The monoisotopic (exact) mass is 373 g/mol. The zero-order valence-electron chi connectivity index (χ0n) is 16.6. The van der Waals surface area contributed by atoms with Crippen LogP contribution in [0.3, 0.4) is 0 Å². The highest BCUT2D eigenvalue weighted by molar-refractivity contribution is 5.32. The van der Waals surface area contributed by atoms with Crippen molar-refractivity contribution in [1.82, 2.24) is 0 Å². The van der Waals surface area contributed by atoms with Crippen molar-refractivity contribution in [3.8, 4) is 0 Å². The quantitative estimate of drug-likeness (QED) is 0.380. The molecule has 3 nitrogen and oxygen atoms in total. The first kappa shape index (κ1) is 28.4. The van der Waals surface area contributed by atoms with Gasteiger partial charge >= 0.3 is 6.18 Å². The Morgan fingerprint density at radius 1 is 0.769 bits per heavy atom. The van der Waals surface area contributed by atoms with Gasteiger partial charge in [-0.15, -0.1) is 0 Å². The van der Waals surface area contributed by atoms with E-state index in [4.69, 9.17) is 0 Å². The molecule has 26 heavy (non-hydrogen) atoms. The highest BCUT2D eigenvalue weighted by atomic mass is 19.4. The van der Waals surface area contributed by atoms with Gasteiger partial charge in [0.15, 0.2) is 0 Å². The molecule has 6 heteroatoms. The van der Waals surface area contributed by atoms with E-state index in [1.807, 2.05) is 48.5 Å². The molecule has 0 fully saturated rings. The van der Waals surface area contributed by atoms with Crippen LogP contribution in [0, 0.1) is 17.0 Å². The second kappa shape index (κ2) is 17.5. The third-order valence-electron chi connectivity index (χ3n) is 2.35. The summed E-state index contributed by atoms with van der Waals surface area (Å²) in [5, 5.41) is 10.1. The Morgan fingerprint density at radius 3 is 1.42 bits per heavy atom. The van der Waals surface area contributed by atoms with Crippen molar-refractivity contribution < 1.29 is 18.1 Å². The van der Waals surface area contributed by atoms with Crippen molar-refractivity contribution in [3.05, 3.63) is 75.8 Å². The summed E-state index contributed by atoms with van der Waals surface area (Å²) in [7, 11) is 0. The van der Waals surface area contributed by atoms with Crippen LogP contribution in [0.1, 0.15) is 52.7 Å². The topological polar surface area (TPSA) is 43.1 Å². The molecule has 0 radical (unpaired) electrons. The molecule has 0 heterocycles. The standard InChI is InChI=1S/C7H5F3.C7H7NO2.3C2H6/c8-7(9,10)6-4-2-1-3-5-6;1-6-2-4-7(5-3-6)8(9)10;3*1-2/h1-5H;2-5H,1H3;3*1-2H3. The van der Waals surface area contributed by atoms with Crippen molar-refractivity contribution in [1.29, 1.82) is 0 Å². The summed E-state index contributed by atoms with van der Waals surface area (Å²) in [5.74, 6) is 0. The van der Waals surface area contributed by atoms with Gasteiger partial charge in [-0.2, -0.15) is 13.2 Å². The highest BCUT2D eigenvalue weighted by Gasteiger charge is 2.29. The van der Waals surface area contributed by atoms with Crippen LogP contribution >= 0.6 is 0 Å². The third-order valence-corrected chi connectivity index (χ3v) is 2.35. The third kappa shape index (κ3) is 14.0. The number of nitrogens with zero attached hydrogens (tertiary/aromatic N) is 1. The summed E-state index contributed by atoms with van der Waals surface area (Å²) in [5.41, 5.74) is 0.575. The Bertz CT molecular complexity index is 554. The maximum atomic E-state index is 11.8. The first-order valence-electron chi connectivity index (χ1n) is 8.64. The number of nitro groups is 1. The molecule has 0 atom stereocenters. The van der Waals surface area contributed by atoms with Crippen molar-refractivity contribution in [2.24, 2.45) is 0 Å². The summed E-state index contributed by atoms with van der Waals surface area (Å²) >= 11 is 0. The zero-order chi connectivity index (χ0) is 21.2. The molecule has 0 aromatic heterocycles. The number of halogens is 3. The van der Waals surface area contributed by atoms with Gasteiger partial charge in [-0.3, -0.25) is 10.1 Å². The Kier molecular flexibility index (Phi) is 19.1. The smallest absolute Gasteiger partial charge is 0.258 e. The van der Waals surface area contributed by atoms with Crippen LogP contribution < -0.4 is 0 Å². The van der Waals surface area contributed by atoms with E-state index >= 15 is 0 Å². The largest absolute Gasteiger partial charge is 0.416 e. The van der Waals surface area contributed by atoms with Crippen LogP contribution in [0.4, 0.5) is 18.9 Å². The van der Waals surface area contributed by atoms with E-state index in [1.165, 1.54) is 24.3 Å². The molecule has 0 aliphatic heterocycles. The van der Waals surface area contributed by atoms with Gasteiger partial charge in [0.05, 0.1) is 10.5 Å². The fourth-order valence-corrected chi connectivity index (χ4v) is 1.29. The van der Waals surface area contributed by atoms with Crippen LogP contribution in [0.25, 0.3) is 0 Å². The van der Waals surface area contributed by atoms with Crippen LogP contribution in [0.2, 0.25) is 0 Å². The molecule has 0 aliphatic carbocycles. The van der Waals surface area contributed by atoms with Gasteiger partial charge in [0.25, 0.3) is 5.69 Å². The average molecular weight is 373 g/mol. The van der Waals surface area contributed by atoms with Gasteiger partial charge < -0.3 is 0 Å². The zero-order valence-corrected chi connectivity index (χ0v) is 16.6. The number of rotatable bonds is 1. The molecule has 0 saturated carbocycles. The number of non-ortho nitro benzene ring substituents is 1. The fourth-order valence-electron chi connectivity index (χ4n) is 1.29. The number of benzene rings is 2. The van der Waals surface area contributed by atoms with E-state index in [0.717, 1.165) is 17.7 Å². The van der Waals surface area contributed by atoms with E-state index in [-0.39, 0.29) is 5.69 Å². The summed E-state index contributed by atoms with van der Waals surface area (Å²) in [6.45, 7) is 13.9.